The molecule has 3 aromatic heterocycles. The smallest absolute Gasteiger partial charge is 0.376 e. The van der Waals surface area contributed by atoms with Gasteiger partial charge in [-0.05, 0) is 49.4 Å². The predicted molar refractivity (Wildman–Crippen MR) is 131 cm³/mol. The molecule has 7 nitrogen and oxygen atoms in total. The number of nitrogens with one attached hydrogen (secondary N) is 1. The third-order valence-corrected chi connectivity index (χ3v) is 6.13. The number of ether oxygens (including phenoxy) is 1. The maximum atomic E-state index is 13.6. The molecule has 4 heterocycles. The normalized spacial score (nSPS) is 16.9. The molecule has 0 bridgehead atoms. The lowest BCUT2D eigenvalue weighted by molar-refractivity contribution is -0.138. The lowest BCUT2D eigenvalue weighted by Gasteiger charge is -2.30. The Kier molecular flexibility index (Phi) is 7.12. The second-order valence-electron chi connectivity index (χ2n) is 9.09. The van der Waals surface area contributed by atoms with Crippen molar-refractivity contribution in [1.29, 1.82) is 0 Å². The van der Waals surface area contributed by atoms with E-state index in [1.165, 1.54) is 36.7 Å². The Labute approximate surface area is 218 Å². The number of hydrogen-bond donors (Lipinski definition) is 1. The van der Waals surface area contributed by atoms with Crippen molar-refractivity contribution >= 4 is 22.5 Å². The average molecular weight is 548 g/mol. The van der Waals surface area contributed by atoms with E-state index in [9.17, 15) is 26.3 Å². The van der Waals surface area contributed by atoms with Crippen LogP contribution in [0.5, 0.6) is 0 Å². The van der Waals surface area contributed by atoms with Crippen LogP contribution >= 0.6 is 0 Å². The molecule has 39 heavy (non-hydrogen) atoms. The van der Waals surface area contributed by atoms with Gasteiger partial charge in [0.2, 0.25) is 0 Å². The van der Waals surface area contributed by atoms with Gasteiger partial charge in [0.05, 0.1) is 41.6 Å². The minimum atomic E-state index is -4.63. The van der Waals surface area contributed by atoms with Crippen LogP contribution in [0.2, 0.25) is 0 Å². The van der Waals surface area contributed by atoms with Crippen LogP contribution in [-0.4, -0.2) is 50.6 Å². The van der Waals surface area contributed by atoms with Gasteiger partial charge in [0.15, 0.2) is 5.82 Å². The van der Waals surface area contributed by atoms with Gasteiger partial charge in [-0.15, -0.1) is 0 Å². The molecular weight excluding hydrogens is 526 g/mol. The molecule has 0 unspecified atom stereocenters. The first-order chi connectivity index (χ1) is 18.5. The summed E-state index contributed by atoms with van der Waals surface area (Å²) >= 11 is 0. The number of rotatable bonds is 5. The number of nitrogens with zero attached hydrogens (tertiary/aromatic N) is 5. The van der Waals surface area contributed by atoms with E-state index in [1.807, 2.05) is 6.92 Å². The lowest BCUT2D eigenvalue weighted by atomic mass is 10.1. The third-order valence-electron chi connectivity index (χ3n) is 6.13. The number of morpholine rings is 1. The minimum Gasteiger partial charge on any atom is -0.376 e. The van der Waals surface area contributed by atoms with Crippen molar-refractivity contribution in [3.63, 3.8) is 0 Å². The van der Waals surface area contributed by atoms with E-state index in [0.717, 1.165) is 18.2 Å². The second kappa shape index (κ2) is 10.4. The number of anilines is 2. The largest absolute Gasteiger partial charge is 0.418 e. The Hall–Kier alpha value is -3.84. The van der Waals surface area contributed by atoms with Crippen molar-refractivity contribution < 1.29 is 31.1 Å². The number of fused-ring (bicyclic) bond motifs is 1. The Morgan fingerprint density at radius 1 is 1.00 bits per heavy atom. The van der Waals surface area contributed by atoms with Crippen molar-refractivity contribution in [2.45, 2.75) is 31.9 Å². The van der Waals surface area contributed by atoms with Gasteiger partial charge in [-0.3, -0.25) is 9.88 Å². The molecule has 0 saturated carbocycles. The summed E-state index contributed by atoms with van der Waals surface area (Å²) in [5.74, 6) is 0.571. The summed E-state index contributed by atoms with van der Waals surface area (Å²) in [6.45, 7) is 4.05. The fourth-order valence-corrected chi connectivity index (χ4v) is 4.33. The molecule has 1 saturated heterocycles. The van der Waals surface area contributed by atoms with Gasteiger partial charge in [-0.2, -0.15) is 26.3 Å². The standard InChI is InChI=1S/C26H22F6N6O/c1-15-13-38(9-10-39-15)14-21-36-20-11-16(22-19(26(30,31)32)3-2-8-33-22)12-34-23(20)24(37-21)35-18-6-4-17(5-7-18)25(27,28)29/h2-8,11-12,15H,9-10,13-14H2,1H3,(H,35,36,37)/t15-/m0/s1. The Morgan fingerprint density at radius 2 is 1.77 bits per heavy atom. The molecular formula is C26H22F6N6O. The van der Waals surface area contributed by atoms with E-state index in [1.54, 1.807) is 0 Å². The van der Waals surface area contributed by atoms with Gasteiger partial charge in [-0.1, -0.05) is 0 Å². The average Bonchev–Trinajstić information content (AvgIpc) is 2.88. The molecule has 1 N–H and O–H groups in total. The molecule has 1 fully saturated rings. The Morgan fingerprint density at radius 3 is 2.46 bits per heavy atom. The zero-order valence-corrected chi connectivity index (χ0v) is 20.5. The van der Waals surface area contributed by atoms with E-state index in [4.69, 9.17) is 4.74 Å². The summed E-state index contributed by atoms with van der Waals surface area (Å²) in [5.41, 5.74) is -1.08. The van der Waals surface area contributed by atoms with Crippen molar-refractivity contribution in [3.8, 4) is 11.3 Å². The van der Waals surface area contributed by atoms with Crippen molar-refractivity contribution in [1.82, 2.24) is 24.8 Å². The second-order valence-corrected chi connectivity index (χ2v) is 9.09. The molecule has 0 spiro atoms. The Balaban J connectivity index is 1.57. The van der Waals surface area contributed by atoms with Crippen molar-refractivity contribution in [2.24, 2.45) is 0 Å². The van der Waals surface area contributed by atoms with Crippen LogP contribution < -0.4 is 5.32 Å². The first-order valence-corrected chi connectivity index (χ1v) is 11.9. The monoisotopic (exact) mass is 548 g/mol. The van der Waals surface area contributed by atoms with Crippen LogP contribution in [0.4, 0.5) is 37.8 Å². The molecule has 1 aliphatic heterocycles. The number of hydrogen-bond acceptors (Lipinski definition) is 7. The zero-order valence-electron chi connectivity index (χ0n) is 20.5. The molecule has 13 heteroatoms. The van der Waals surface area contributed by atoms with Crippen LogP contribution in [0, 0.1) is 0 Å². The highest BCUT2D eigenvalue weighted by molar-refractivity contribution is 5.89. The predicted octanol–water partition coefficient (Wildman–Crippen LogP) is 6.09. The highest BCUT2D eigenvalue weighted by Gasteiger charge is 2.34. The van der Waals surface area contributed by atoms with Gasteiger partial charge in [0, 0.05) is 36.7 Å². The highest BCUT2D eigenvalue weighted by Crippen LogP contribution is 2.37. The fraction of sp³-hybridized carbons (Fsp3) is 0.308. The summed E-state index contributed by atoms with van der Waals surface area (Å²) < 4.78 is 85.5. The van der Waals surface area contributed by atoms with E-state index in [2.05, 4.69) is 30.2 Å². The molecule has 5 rings (SSSR count). The van der Waals surface area contributed by atoms with E-state index < -0.39 is 23.5 Å². The minimum absolute atomic E-state index is 0.00200. The molecule has 0 aliphatic carbocycles. The van der Waals surface area contributed by atoms with Crippen LogP contribution in [-0.2, 0) is 23.6 Å². The highest BCUT2D eigenvalue weighted by atomic mass is 19.4. The van der Waals surface area contributed by atoms with Crippen molar-refractivity contribution in [2.75, 3.05) is 25.0 Å². The third kappa shape index (κ3) is 6.09. The molecule has 0 amide bonds. The maximum Gasteiger partial charge on any atom is 0.418 e. The molecule has 1 atom stereocenters. The van der Waals surface area contributed by atoms with Crippen LogP contribution in [0.25, 0.3) is 22.3 Å². The molecule has 204 valence electrons. The van der Waals surface area contributed by atoms with Gasteiger partial charge < -0.3 is 10.1 Å². The van der Waals surface area contributed by atoms with E-state index >= 15 is 0 Å². The molecule has 0 radical (unpaired) electrons. The number of halogens is 6. The van der Waals surface area contributed by atoms with Gasteiger partial charge >= 0.3 is 12.4 Å². The van der Waals surface area contributed by atoms with Gasteiger partial charge in [-0.25, -0.2) is 15.0 Å². The van der Waals surface area contributed by atoms with Gasteiger partial charge in [0.1, 0.15) is 11.3 Å². The van der Waals surface area contributed by atoms with Crippen LogP contribution in [0.15, 0.2) is 54.9 Å². The summed E-state index contributed by atoms with van der Waals surface area (Å²) in [4.78, 5) is 19.5. The topological polar surface area (TPSA) is 76.1 Å². The lowest BCUT2D eigenvalue weighted by Crippen LogP contribution is -2.40. The number of pyridine rings is 2. The summed E-state index contributed by atoms with van der Waals surface area (Å²) in [6, 6.07) is 7.99. The SMILES string of the molecule is C[C@H]1CN(Cc2nc(Nc3ccc(C(F)(F)F)cc3)c3ncc(-c4ncccc4C(F)(F)F)cc3n2)CCO1. The van der Waals surface area contributed by atoms with E-state index in [0.29, 0.717) is 37.8 Å². The molecule has 1 aromatic carbocycles. The number of alkyl halides is 6. The first kappa shape index (κ1) is 26.8. The van der Waals surface area contributed by atoms with Gasteiger partial charge in [0.25, 0.3) is 0 Å². The van der Waals surface area contributed by atoms with Crippen LogP contribution in [0.1, 0.15) is 23.9 Å². The van der Waals surface area contributed by atoms with E-state index in [-0.39, 0.29) is 34.2 Å². The summed E-state index contributed by atoms with van der Waals surface area (Å²) in [5, 5.41) is 2.99. The van der Waals surface area contributed by atoms with Crippen molar-refractivity contribution in [3.05, 3.63) is 71.8 Å². The fourth-order valence-electron chi connectivity index (χ4n) is 4.33. The Bertz CT molecular complexity index is 1480. The quantitative estimate of drug-likeness (QED) is 0.303. The number of aromatic nitrogens is 4. The summed E-state index contributed by atoms with van der Waals surface area (Å²) in [6.07, 6.45) is -6.61. The zero-order chi connectivity index (χ0) is 27.8. The molecule has 1 aliphatic rings. The number of benzene rings is 1. The molecule has 4 aromatic rings. The van der Waals surface area contributed by atoms with Crippen LogP contribution in [0.3, 0.4) is 0 Å². The maximum absolute atomic E-state index is 13.6. The summed E-state index contributed by atoms with van der Waals surface area (Å²) in [7, 11) is 0. The first-order valence-electron chi connectivity index (χ1n) is 11.9.